The van der Waals surface area contributed by atoms with Crippen LogP contribution in [0.15, 0.2) is 30.5 Å². The van der Waals surface area contributed by atoms with Crippen LogP contribution in [0.4, 0.5) is 5.82 Å². The number of amides is 1. The van der Waals surface area contributed by atoms with Gasteiger partial charge in [0, 0.05) is 37.0 Å². The fraction of sp³-hybridized carbons (Fsp3) is 0.500. The molecule has 0 saturated carbocycles. The molecular formula is C18H24N4O2. The molecule has 3 rings (SSSR count). The summed E-state index contributed by atoms with van der Waals surface area (Å²) in [6, 6.07) is 8.13. The smallest absolute Gasteiger partial charge is 0.225 e. The summed E-state index contributed by atoms with van der Waals surface area (Å²) < 4.78 is 5.47. The van der Waals surface area contributed by atoms with Crippen molar-refractivity contribution in [1.82, 2.24) is 15.1 Å². The van der Waals surface area contributed by atoms with Gasteiger partial charge in [-0.25, -0.2) is 0 Å². The lowest BCUT2D eigenvalue weighted by Gasteiger charge is -2.35. The Kier molecular flexibility index (Phi) is 5.25. The molecule has 128 valence electrons. The number of rotatable bonds is 5. The van der Waals surface area contributed by atoms with Crippen molar-refractivity contribution in [1.29, 1.82) is 0 Å². The van der Waals surface area contributed by atoms with Crippen molar-refractivity contribution in [2.24, 2.45) is 0 Å². The Morgan fingerprint density at radius 2 is 1.96 bits per heavy atom. The van der Waals surface area contributed by atoms with Gasteiger partial charge in [0.15, 0.2) is 5.82 Å². The van der Waals surface area contributed by atoms with Crippen LogP contribution in [-0.2, 0) is 9.53 Å². The van der Waals surface area contributed by atoms with Crippen molar-refractivity contribution in [2.75, 3.05) is 37.7 Å². The fourth-order valence-corrected chi connectivity index (χ4v) is 2.95. The lowest BCUT2D eigenvalue weighted by molar-refractivity contribution is -0.132. The largest absolute Gasteiger partial charge is 0.378 e. The van der Waals surface area contributed by atoms with Gasteiger partial charge in [0.25, 0.3) is 0 Å². The molecule has 1 saturated heterocycles. The summed E-state index contributed by atoms with van der Waals surface area (Å²) in [6.07, 6.45) is 2.40. The normalized spacial score (nSPS) is 15.3. The van der Waals surface area contributed by atoms with E-state index in [1.54, 1.807) is 6.20 Å². The number of hydrogen-bond acceptors (Lipinski definition) is 5. The summed E-state index contributed by atoms with van der Waals surface area (Å²) >= 11 is 0. The fourth-order valence-electron chi connectivity index (χ4n) is 2.95. The molecule has 0 unspecified atom stereocenters. The molecule has 1 aliphatic heterocycles. The maximum absolute atomic E-state index is 12.2. The molecule has 24 heavy (non-hydrogen) atoms. The summed E-state index contributed by atoms with van der Waals surface area (Å²) in [5, 5.41) is 10.6. The third-order valence-corrected chi connectivity index (χ3v) is 4.25. The second-order valence-corrected chi connectivity index (χ2v) is 6.29. The summed E-state index contributed by atoms with van der Waals surface area (Å²) in [4.78, 5) is 16.4. The van der Waals surface area contributed by atoms with Crippen LogP contribution >= 0.6 is 0 Å². The van der Waals surface area contributed by atoms with Gasteiger partial charge in [0.1, 0.15) is 0 Å². The van der Waals surface area contributed by atoms with Crippen LogP contribution in [0.3, 0.4) is 0 Å². The van der Waals surface area contributed by atoms with E-state index in [0.717, 1.165) is 29.7 Å². The number of fused-ring (bicyclic) bond motifs is 1. The van der Waals surface area contributed by atoms with Crippen LogP contribution in [0, 0.1) is 0 Å². The highest BCUT2D eigenvalue weighted by Gasteiger charge is 2.23. The van der Waals surface area contributed by atoms with Gasteiger partial charge in [-0.3, -0.25) is 4.79 Å². The molecule has 1 aromatic carbocycles. The van der Waals surface area contributed by atoms with Crippen molar-refractivity contribution < 1.29 is 9.53 Å². The molecule has 1 amide bonds. The molecule has 1 aliphatic rings. The van der Waals surface area contributed by atoms with Crippen molar-refractivity contribution in [3.63, 3.8) is 0 Å². The molecule has 0 N–H and O–H groups in total. The Labute approximate surface area is 142 Å². The highest BCUT2D eigenvalue weighted by molar-refractivity contribution is 5.91. The topological polar surface area (TPSA) is 58.6 Å². The molecule has 0 atom stereocenters. The highest BCUT2D eigenvalue weighted by atomic mass is 16.5. The van der Waals surface area contributed by atoms with Gasteiger partial charge < -0.3 is 14.5 Å². The average Bonchev–Trinajstić information content (AvgIpc) is 2.61. The van der Waals surface area contributed by atoms with E-state index in [4.69, 9.17) is 4.74 Å². The van der Waals surface area contributed by atoms with Crippen LogP contribution in [0.2, 0.25) is 0 Å². The van der Waals surface area contributed by atoms with Crippen molar-refractivity contribution >= 4 is 22.5 Å². The van der Waals surface area contributed by atoms with Gasteiger partial charge in [-0.2, -0.15) is 5.10 Å². The molecule has 0 aliphatic carbocycles. The van der Waals surface area contributed by atoms with Gasteiger partial charge in [-0.15, -0.1) is 5.10 Å². The molecule has 0 bridgehead atoms. The minimum absolute atomic E-state index is 0.166. The minimum atomic E-state index is 0.166. The number of nitrogens with zero attached hydrogens (tertiary/aromatic N) is 4. The molecule has 2 aromatic rings. The highest BCUT2D eigenvalue weighted by Crippen LogP contribution is 2.24. The molecule has 0 radical (unpaired) electrons. The maximum atomic E-state index is 12.2. The van der Waals surface area contributed by atoms with Crippen LogP contribution in [0.25, 0.3) is 10.8 Å². The number of piperazine rings is 1. The first kappa shape index (κ1) is 16.6. The Balaban J connectivity index is 1.59. The van der Waals surface area contributed by atoms with Gasteiger partial charge in [0.2, 0.25) is 5.91 Å². The van der Waals surface area contributed by atoms with Crippen LogP contribution in [0.1, 0.15) is 20.3 Å². The van der Waals surface area contributed by atoms with Crippen LogP contribution in [0.5, 0.6) is 0 Å². The zero-order chi connectivity index (χ0) is 16.9. The van der Waals surface area contributed by atoms with Crippen LogP contribution < -0.4 is 4.90 Å². The maximum Gasteiger partial charge on any atom is 0.225 e. The zero-order valence-corrected chi connectivity index (χ0v) is 14.3. The molecule has 0 spiro atoms. The summed E-state index contributed by atoms with van der Waals surface area (Å²) in [5.41, 5.74) is 0. The van der Waals surface area contributed by atoms with Gasteiger partial charge in [0.05, 0.1) is 25.3 Å². The lowest BCUT2D eigenvalue weighted by atomic mass is 10.1. The van der Waals surface area contributed by atoms with Gasteiger partial charge in [-0.1, -0.05) is 24.3 Å². The summed E-state index contributed by atoms with van der Waals surface area (Å²) in [5.74, 6) is 1.07. The number of benzene rings is 1. The lowest BCUT2D eigenvalue weighted by Crippen LogP contribution is -2.49. The monoisotopic (exact) mass is 328 g/mol. The first-order valence-corrected chi connectivity index (χ1v) is 8.50. The van der Waals surface area contributed by atoms with E-state index in [-0.39, 0.29) is 12.0 Å². The van der Waals surface area contributed by atoms with Gasteiger partial charge >= 0.3 is 0 Å². The van der Waals surface area contributed by atoms with E-state index < -0.39 is 0 Å². The Bertz CT molecular complexity index is 691. The first-order valence-electron chi connectivity index (χ1n) is 8.50. The number of anilines is 1. The first-order chi connectivity index (χ1) is 11.6. The number of carbonyl (C=O) groups is 1. The van der Waals surface area contributed by atoms with E-state index in [1.807, 2.05) is 36.9 Å². The van der Waals surface area contributed by atoms with Crippen LogP contribution in [-0.4, -0.2) is 59.9 Å². The standard InChI is InChI=1S/C18H24N4O2/c1-14(2)24-12-7-17(23)21-8-10-22(11-9-21)18-16-6-4-3-5-15(16)13-19-20-18/h3-6,13-14H,7-12H2,1-2H3. The number of carbonyl (C=O) groups excluding carboxylic acids is 1. The van der Waals surface area contributed by atoms with Crippen molar-refractivity contribution in [2.45, 2.75) is 26.4 Å². The molecule has 6 heteroatoms. The third-order valence-electron chi connectivity index (χ3n) is 4.25. The van der Waals surface area contributed by atoms with E-state index >= 15 is 0 Å². The summed E-state index contributed by atoms with van der Waals surface area (Å²) in [6.45, 7) is 7.43. The van der Waals surface area contributed by atoms with E-state index in [2.05, 4.69) is 21.2 Å². The van der Waals surface area contributed by atoms with Crippen molar-refractivity contribution in [3.05, 3.63) is 30.5 Å². The molecule has 1 aromatic heterocycles. The average molecular weight is 328 g/mol. The third kappa shape index (κ3) is 3.82. The summed E-state index contributed by atoms with van der Waals surface area (Å²) in [7, 11) is 0. The second kappa shape index (κ2) is 7.57. The predicted molar refractivity (Wildman–Crippen MR) is 94.0 cm³/mol. The minimum Gasteiger partial charge on any atom is -0.378 e. The molecular weight excluding hydrogens is 304 g/mol. The Hall–Kier alpha value is -2.21. The number of aromatic nitrogens is 2. The van der Waals surface area contributed by atoms with E-state index in [1.165, 1.54) is 0 Å². The van der Waals surface area contributed by atoms with E-state index in [9.17, 15) is 4.79 Å². The molecule has 2 heterocycles. The zero-order valence-electron chi connectivity index (χ0n) is 14.3. The quantitative estimate of drug-likeness (QED) is 0.841. The van der Waals surface area contributed by atoms with E-state index in [0.29, 0.717) is 26.1 Å². The number of hydrogen-bond donors (Lipinski definition) is 0. The SMILES string of the molecule is CC(C)OCCC(=O)N1CCN(c2nncc3ccccc23)CC1. The Morgan fingerprint density at radius 3 is 2.71 bits per heavy atom. The molecule has 6 nitrogen and oxygen atoms in total. The Morgan fingerprint density at radius 1 is 1.21 bits per heavy atom. The second-order valence-electron chi connectivity index (χ2n) is 6.29. The van der Waals surface area contributed by atoms with Crippen molar-refractivity contribution in [3.8, 4) is 0 Å². The number of ether oxygens (including phenoxy) is 1. The predicted octanol–water partition coefficient (Wildman–Crippen LogP) is 2.09. The molecule has 1 fully saturated rings. The van der Waals surface area contributed by atoms with Gasteiger partial charge in [-0.05, 0) is 13.8 Å².